The quantitative estimate of drug-likeness (QED) is 0.296. The maximum Gasteiger partial charge on any atom is 0.332 e. The van der Waals surface area contributed by atoms with Gasteiger partial charge in [0.25, 0.3) is 5.56 Å². The highest BCUT2D eigenvalue weighted by molar-refractivity contribution is 7.21. The van der Waals surface area contributed by atoms with Gasteiger partial charge in [-0.1, -0.05) is 18.3 Å². The van der Waals surface area contributed by atoms with Crippen LogP contribution in [0.25, 0.3) is 15.2 Å². The number of amides is 1. The number of nitrogens with zero attached hydrogens (tertiary/aromatic N) is 6. The van der Waals surface area contributed by atoms with Crippen LogP contribution in [0.5, 0.6) is 5.75 Å². The van der Waals surface area contributed by atoms with Gasteiger partial charge in [-0.05, 0) is 63.1 Å². The number of methoxy groups -OCH3 is 1. The fourth-order valence-corrected chi connectivity index (χ4v) is 7.50. The normalized spacial score (nSPS) is 21.6. The van der Waals surface area contributed by atoms with E-state index in [-0.39, 0.29) is 18.6 Å². The zero-order valence-electron chi connectivity index (χ0n) is 24.7. The molecule has 2 fully saturated rings. The lowest BCUT2D eigenvalue weighted by atomic mass is 9.88. The van der Waals surface area contributed by atoms with Crippen LogP contribution in [0.15, 0.2) is 40.2 Å². The molecule has 2 aliphatic rings. The first-order chi connectivity index (χ1) is 20.7. The molecular formula is C30H35FN6O5S. The molecule has 0 unspecified atom stereocenters. The number of aryl methyl sites for hydroxylation is 1. The molecule has 0 spiro atoms. The lowest BCUT2D eigenvalue weighted by Gasteiger charge is -2.31. The van der Waals surface area contributed by atoms with Crippen LogP contribution in [0.4, 0.5) is 4.39 Å². The number of likely N-dealkylation sites (N-methyl/N-ethyl adjacent to an activating group) is 1. The fourth-order valence-electron chi connectivity index (χ4n) is 6.28. The van der Waals surface area contributed by atoms with Gasteiger partial charge in [-0.15, -0.1) is 4.80 Å². The average Bonchev–Trinajstić information content (AvgIpc) is 3.72. The minimum atomic E-state index is -0.922. The zero-order valence-corrected chi connectivity index (χ0v) is 25.5. The number of fused-ring (bicyclic) bond motifs is 1. The van der Waals surface area contributed by atoms with Crippen LogP contribution in [0.2, 0.25) is 0 Å². The Hall–Kier alpha value is -3.84. The Balaban J connectivity index is 1.55. The molecule has 3 aromatic heterocycles. The standard InChI is InChI=1S/C30H35FN6O5S/c1-17-5-8-20(9-6-17)42-24(21-15-19(31)7-10-23(21)41-4)16-35-29-25(18(2)28(43-29)37-32-12-13-33-37)27(39)36(30(35)40)22-11-14-34(3)26(22)38/h7,10,12-13,15,17,20,22,24H,5-6,8-9,11,14,16H2,1-4H3/t17?,20?,22-,24+/m1/s1. The van der Waals surface area contributed by atoms with E-state index in [4.69, 9.17) is 9.47 Å². The molecule has 11 nitrogen and oxygen atoms in total. The molecule has 1 amide bonds. The number of benzene rings is 1. The molecule has 6 rings (SSSR count). The molecule has 1 saturated heterocycles. The highest BCUT2D eigenvalue weighted by atomic mass is 32.1. The number of hydrogen-bond donors (Lipinski definition) is 0. The van der Waals surface area contributed by atoms with Gasteiger partial charge in [-0.3, -0.25) is 14.2 Å². The Kier molecular flexibility index (Phi) is 7.94. The van der Waals surface area contributed by atoms with Gasteiger partial charge in [0, 0.05) is 24.7 Å². The first kappa shape index (κ1) is 29.2. The number of hydrogen-bond acceptors (Lipinski definition) is 8. The smallest absolute Gasteiger partial charge is 0.332 e. The molecule has 1 aromatic carbocycles. The van der Waals surface area contributed by atoms with Crippen LogP contribution < -0.4 is 16.0 Å². The molecule has 4 heterocycles. The molecule has 43 heavy (non-hydrogen) atoms. The van der Waals surface area contributed by atoms with Gasteiger partial charge >= 0.3 is 5.69 Å². The van der Waals surface area contributed by atoms with Crippen molar-refractivity contribution >= 4 is 27.5 Å². The van der Waals surface area contributed by atoms with E-state index >= 15 is 0 Å². The second-order valence-electron chi connectivity index (χ2n) is 11.6. The summed E-state index contributed by atoms with van der Waals surface area (Å²) in [6.07, 6.45) is 6.25. The maximum absolute atomic E-state index is 14.7. The molecule has 2 atom stereocenters. The van der Waals surface area contributed by atoms with E-state index in [1.807, 2.05) is 0 Å². The number of aromatic nitrogens is 5. The summed E-state index contributed by atoms with van der Waals surface area (Å²) in [7, 11) is 3.17. The van der Waals surface area contributed by atoms with Gasteiger partial charge in [0.05, 0.1) is 37.5 Å². The Morgan fingerprint density at radius 1 is 1.09 bits per heavy atom. The minimum absolute atomic E-state index is 0.0237. The van der Waals surface area contributed by atoms with E-state index in [1.165, 1.54) is 57.2 Å². The highest BCUT2D eigenvalue weighted by Crippen LogP contribution is 2.37. The van der Waals surface area contributed by atoms with Gasteiger partial charge in [0.2, 0.25) is 5.91 Å². The van der Waals surface area contributed by atoms with Crippen LogP contribution in [0.1, 0.15) is 62.3 Å². The van der Waals surface area contributed by atoms with Gasteiger partial charge < -0.3 is 14.4 Å². The topological polar surface area (TPSA) is 113 Å². The van der Waals surface area contributed by atoms with E-state index < -0.39 is 29.2 Å². The van der Waals surface area contributed by atoms with Crippen molar-refractivity contribution in [1.29, 1.82) is 0 Å². The Morgan fingerprint density at radius 2 is 1.81 bits per heavy atom. The number of carbonyl (C=O) groups excluding carboxylic acids is 1. The second-order valence-corrected chi connectivity index (χ2v) is 12.5. The lowest BCUT2D eigenvalue weighted by Crippen LogP contribution is -2.45. The summed E-state index contributed by atoms with van der Waals surface area (Å²) in [6, 6.07) is 3.32. The summed E-state index contributed by atoms with van der Waals surface area (Å²) in [6.45, 7) is 4.41. The summed E-state index contributed by atoms with van der Waals surface area (Å²) in [5, 5.41) is 9.39. The van der Waals surface area contributed by atoms with Crippen LogP contribution >= 0.6 is 11.3 Å². The average molecular weight is 611 g/mol. The van der Waals surface area contributed by atoms with Crippen molar-refractivity contribution in [1.82, 2.24) is 29.0 Å². The highest BCUT2D eigenvalue weighted by Gasteiger charge is 2.36. The van der Waals surface area contributed by atoms with Crippen molar-refractivity contribution in [2.24, 2.45) is 5.92 Å². The first-order valence-electron chi connectivity index (χ1n) is 14.6. The summed E-state index contributed by atoms with van der Waals surface area (Å²) in [5.74, 6) is 0.286. The van der Waals surface area contributed by atoms with E-state index in [1.54, 1.807) is 20.0 Å². The fraction of sp³-hybridized carbons (Fsp3) is 0.500. The maximum atomic E-state index is 14.7. The number of ether oxygens (including phenoxy) is 2. The number of rotatable bonds is 8. The SMILES string of the molecule is COc1ccc(F)cc1[C@H](Cn1c(=O)n([C@@H]2CCN(C)C2=O)c(=O)c2c(C)c(-n3nccn3)sc21)OC1CCC(C)CC1. The Labute approximate surface area is 251 Å². The third-order valence-corrected chi connectivity index (χ3v) is 10.0. The monoisotopic (exact) mass is 610 g/mol. The summed E-state index contributed by atoms with van der Waals surface area (Å²) >= 11 is 1.22. The van der Waals surface area contributed by atoms with Crippen molar-refractivity contribution < 1.29 is 18.7 Å². The van der Waals surface area contributed by atoms with Gasteiger partial charge in [-0.2, -0.15) is 10.2 Å². The number of thiophene rings is 1. The third-order valence-electron chi connectivity index (χ3n) is 8.74. The van der Waals surface area contributed by atoms with E-state index in [2.05, 4.69) is 17.1 Å². The Bertz CT molecular complexity index is 1770. The van der Waals surface area contributed by atoms with Crippen LogP contribution in [-0.4, -0.2) is 61.7 Å². The van der Waals surface area contributed by atoms with Crippen molar-refractivity contribution in [3.05, 3.63) is 68.4 Å². The number of carbonyl (C=O) groups is 1. The third kappa shape index (κ3) is 5.29. The van der Waals surface area contributed by atoms with Crippen molar-refractivity contribution in [3.63, 3.8) is 0 Å². The van der Waals surface area contributed by atoms with Gasteiger partial charge in [-0.25, -0.2) is 13.8 Å². The zero-order chi connectivity index (χ0) is 30.4. The lowest BCUT2D eigenvalue weighted by molar-refractivity contribution is -0.129. The molecule has 1 aliphatic carbocycles. The largest absolute Gasteiger partial charge is 0.496 e. The molecule has 1 saturated carbocycles. The van der Waals surface area contributed by atoms with E-state index in [0.717, 1.165) is 30.3 Å². The summed E-state index contributed by atoms with van der Waals surface area (Å²) in [4.78, 5) is 44.8. The summed E-state index contributed by atoms with van der Waals surface area (Å²) in [5.41, 5.74) is -0.0739. The molecule has 0 radical (unpaired) electrons. The van der Waals surface area contributed by atoms with Gasteiger partial charge in [0.1, 0.15) is 33.5 Å². The van der Waals surface area contributed by atoms with Crippen LogP contribution in [-0.2, 0) is 16.1 Å². The van der Waals surface area contributed by atoms with E-state index in [9.17, 15) is 18.8 Å². The predicted octanol–water partition coefficient (Wildman–Crippen LogP) is 4.00. The molecule has 13 heteroatoms. The van der Waals surface area contributed by atoms with Crippen molar-refractivity contribution in [3.8, 4) is 10.8 Å². The van der Waals surface area contributed by atoms with Crippen LogP contribution in [0.3, 0.4) is 0 Å². The number of halogens is 1. The molecule has 4 aromatic rings. The molecule has 0 bridgehead atoms. The van der Waals surface area contributed by atoms with Crippen molar-refractivity contribution in [2.45, 2.75) is 70.7 Å². The first-order valence-corrected chi connectivity index (χ1v) is 15.4. The second kappa shape index (κ2) is 11.7. The Morgan fingerprint density at radius 3 is 2.47 bits per heavy atom. The predicted molar refractivity (Wildman–Crippen MR) is 159 cm³/mol. The van der Waals surface area contributed by atoms with Crippen molar-refractivity contribution in [2.75, 3.05) is 20.7 Å². The molecule has 0 N–H and O–H groups in total. The minimum Gasteiger partial charge on any atom is -0.496 e. The summed E-state index contributed by atoms with van der Waals surface area (Å²) < 4.78 is 29.5. The van der Waals surface area contributed by atoms with E-state index in [0.29, 0.717) is 51.0 Å². The molecule has 228 valence electrons. The number of likely N-dealkylation sites (tertiary alicyclic amines) is 1. The molecular weight excluding hydrogens is 575 g/mol. The van der Waals surface area contributed by atoms with Gasteiger partial charge in [0.15, 0.2) is 0 Å². The molecule has 1 aliphatic heterocycles. The van der Waals surface area contributed by atoms with Crippen LogP contribution in [0, 0.1) is 18.7 Å².